The van der Waals surface area contributed by atoms with E-state index < -0.39 is 0 Å². The molecule has 6 nitrogen and oxygen atoms in total. The Morgan fingerprint density at radius 2 is 1.88 bits per heavy atom. The van der Waals surface area contributed by atoms with Crippen molar-refractivity contribution in [2.45, 2.75) is 58.5 Å². The Balaban J connectivity index is 1.53. The summed E-state index contributed by atoms with van der Waals surface area (Å²) in [6, 6.07) is 8.86. The molecule has 4 rings (SSSR count). The topological polar surface area (TPSA) is 60.0 Å². The molecule has 0 spiro atoms. The highest BCUT2D eigenvalue weighted by Gasteiger charge is 2.34. The molecule has 0 saturated carbocycles. The first-order chi connectivity index (χ1) is 12.3. The van der Waals surface area contributed by atoms with Gasteiger partial charge in [0.1, 0.15) is 5.82 Å². The number of aromatic nitrogens is 4. The van der Waals surface area contributed by atoms with Crippen molar-refractivity contribution < 1.29 is 4.52 Å². The minimum Gasteiger partial charge on any atom is -0.338 e. The SMILES string of the molecule is CC(C)c1noc(CN2CC(n3c(C(C)(C)C)nc4ccccc43)C2)n1. The van der Waals surface area contributed by atoms with Crippen molar-refractivity contribution in [2.75, 3.05) is 13.1 Å². The molecule has 1 saturated heterocycles. The van der Waals surface area contributed by atoms with E-state index in [1.165, 1.54) is 5.52 Å². The lowest BCUT2D eigenvalue weighted by Gasteiger charge is -2.41. The van der Waals surface area contributed by atoms with Gasteiger partial charge in [-0.1, -0.05) is 51.9 Å². The first-order valence-electron chi connectivity index (χ1n) is 9.35. The van der Waals surface area contributed by atoms with Crippen LogP contribution in [0.15, 0.2) is 28.8 Å². The molecule has 3 heterocycles. The van der Waals surface area contributed by atoms with Crippen molar-refractivity contribution in [1.82, 2.24) is 24.6 Å². The average Bonchev–Trinajstić information content (AvgIpc) is 3.15. The van der Waals surface area contributed by atoms with E-state index in [-0.39, 0.29) is 5.41 Å². The van der Waals surface area contributed by atoms with Crippen molar-refractivity contribution >= 4 is 11.0 Å². The van der Waals surface area contributed by atoms with Crippen molar-refractivity contribution in [1.29, 1.82) is 0 Å². The van der Waals surface area contributed by atoms with Crippen molar-refractivity contribution in [3.8, 4) is 0 Å². The van der Waals surface area contributed by atoms with Gasteiger partial charge in [0.05, 0.1) is 23.6 Å². The molecule has 1 aliphatic rings. The first kappa shape index (κ1) is 17.2. The van der Waals surface area contributed by atoms with Crippen molar-refractivity contribution in [3.63, 3.8) is 0 Å². The number of nitrogens with zero attached hydrogens (tertiary/aromatic N) is 5. The second kappa shape index (κ2) is 6.20. The fraction of sp³-hybridized carbons (Fsp3) is 0.550. The van der Waals surface area contributed by atoms with Gasteiger partial charge in [0, 0.05) is 24.4 Å². The summed E-state index contributed by atoms with van der Waals surface area (Å²) >= 11 is 0. The molecule has 3 aromatic rings. The first-order valence-corrected chi connectivity index (χ1v) is 9.35. The van der Waals surface area contributed by atoms with Gasteiger partial charge in [-0.05, 0) is 12.1 Å². The van der Waals surface area contributed by atoms with Gasteiger partial charge in [0.15, 0.2) is 5.82 Å². The van der Waals surface area contributed by atoms with Gasteiger partial charge in [0.25, 0.3) is 0 Å². The number of likely N-dealkylation sites (tertiary alicyclic amines) is 1. The molecule has 0 unspecified atom stereocenters. The molecule has 0 atom stereocenters. The number of hydrogen-bond donors (Lipinski definition) is 0. The quantitative estimate of drug-likeness (QED) is 0.712. The molecule has 0 amide bonds. The molecule has 26 heavy (non-hydrogen) atoms. The number of hydrogen-bond acceptors (Lipinski definition) is 5. The van der Waals surface area contributed by atoms with Gasteiger partial charge in [-0.15, -0.1) is 0 Å². The zero-order valence-electron chi connectivity index (χ0n) is 16.2. The number of rotatable bonds is 4. The second-order valence-electron chi connectivity index (χ2n) is 8.59. The molecule has 1 aliphatic heterocycles. The highest BCUT2D eigenvalue weighted by Crippen LogP contribution is 2.33. The van der Waals surface area contributed by atoms with Gasteiger partial charge >= 0.3 is 0 Å². The predicted octanol–water partition coefficient (Wildman–Crippen LogP) is 3.90. The van der Waals surface area contributed by atoms with Crippen LogP contribution in [0.5, 0.6) is 0 Å². The largest absolute Gasteiger partial charge is 0.338 e. The molecule has 1 aromatic carbocycles. The molecule has 0 bridgehead atoms. The molecule has 0 aliphatic carbocycles. The van der Waals surface area contributed by atoms with Gasteiger partial charge in [-0.25, -0.2) is 4.98 Å². The number of para-hydroxylation sites is 2. The van der Waals surface area contributed by atoms with Crippen LogP contribution in [0.3, 0.4) is 0 Å². The molecule has 1 fully saturated rings. The monoisotopic (exact) mass is 353 g/mol. The predicted molar refractivity (Wildman–Crippen MR) is 101 cm³/mol. The van der Waals surface area contributed by atoms with Crippen molar-refractivity contribution in [2.24, 2.45) is 0 Å². The Kier molecular flexibility index (Phi) is 4.10. The van der Waals surface area contributed by atoms with Crippen LogP contribution in [0.1, 0.15) is 64.1 Å². The Bertz CT molecular complexity index is 912. The van der Waals surface area contributed by atoms with Crippen LogP contribution in [-0.2, 0) is 12.0 Å². The second-order valence-corrected chi connectivity index (χ2v) is 8.59. The summed E-state index contributed by atoms with van der Waals surface area (Å²) < 4.78 is 7.81. The fourth-order valence-corrected chi connectivity index (χ4v) is 3.54. The van der Waals surface area contributed by atoms with Gasteiger partial charge in [0.2, 0.25) is 5.89 Å². The zero-order valence-corrected chi connectivity index (χ0v) is 16.2. The number of benzene rings is 1. The Morgan fingerprint density at radius 1 is 1.15 bits per heavy atom. The Hall–Kier alpha value is -2.21. The van der Waals surface area contributed by atoms with E-state index in [2.05, 4.69) is 78.5 Å². The highest BCUT2D eigenvalue weighted by molar-refractivity contribution is 5.76. The summed E-state index contributed by atoms with van der Waals surface area (Å²) in [5.74, 6) is 2.94. The minimum atomic E-state index is 0.0120. The van der Waals surface area contributed by atoms with Gasteiger partial charge < -0.3 is 9.09 Å². The third-order valence-electron chi connectivity index (χ3n) is 4.93. The molecule has 0 radical (unpaired) electrons. The lowest BCUT2D eigenvalue weighted by atomic mass is 9.94. The zero-order chi connectivity index (χ0) is 18.5. The normalized spacial score (nSPS) is 16.5. The average molecular weight is 353 g/mol. The van der Waals surface area contributed by atoms with E-state index >= 15 is 0 Å². The van der Waals surface area contributed by atoms with E-state index in [0.29, 0.717) is 24.4 Å². The highest BCUT2D eigenvalue weighted by atomic mass is 16.5. The molecule has 2 aromatic heterocycles. The molecular formula is C20H27N5O. The molecule has 6 heteroatoms. The maximum atomic E-state index is 5.38. The van der Waals surface area contributed by atoms with E-state index in [1.807, 2.05) is 0 Å². The smallest absolute Gasteiger partial charge is 0.240 e. The van der Waals surface area contributed by atoms with Crippen LogP contribution < -0.4 is 0 Å². The van der Waals surface area contributed by atoms with Crippen LogP contribution >= 0.6 is 0 Å². The third-order valence-corrected chi connectivity index (χ3v) is 4.93. The van der Waals surface area contributed by atoms with E-state index in [1.54, 1.807) is 0 Å². The fourth-order valence-electron chi connectivity index (χ4n) is 3.54. The standard InChI is InChI=1S/C20H27N5O/c1-13(2)18-22-17(26-23-18)12-24-10-14(11-24)25-16-9-7-6-8-15(16)21-19(25)20(3,4)5/h6-9,13-14H,10-12H2,1-5H3. The number of fused-ring (bicyclic) bond motifs is 1. The lowest BCUT2D eigenvalue weighted by Crippen LogP contribution is -2.48. The van der Waals surface area contributed by atoms with Crippen LogP contribution in [0.25, 0.3) is 11.0 Å². The minimum absolute atomic E-state index is 0.0120. The molecular weight excluding hydrogens is 326 g/mol. The molecule has 0 N–H and O–H groups in total. The van der Waals surface area contributed by atoms with Crippen LogP contribution in [0.4, 0.5) is 0 Å². The van der Waals surface area contributed by atoms with E-state index in [4.69, 9.17) is 9.51 Å². The summed E-state index contributed by atoms with van der Waals surface area (Å²) in [5.41, 5.74) is 2.31. The summed E-state index contributed by atoms with van der Waals surface area (Å²) in [4.78, 5) is 11.8. The Labute approximate surface area is 154 Å². The number of imidazole rings is 1. The summed E-state index contributed by atoms with van der Waals surface area (Å²) in [5, 5.41) is 4.06. The lowest BCUT2D eigenvalue weighted by molar-refractivity contribution is 0.0851. The summed E-state index contributed by atoms with van der Waals surface area (Å²) in [6.07, 6.45) is 0. The van der Waals surface area contributed by atoms with E-state index in [9.17, 15) is 0 Å². The van der Waals surface area contributed by atoms with Gasteiger partial charge in [-0.3, -0.25) is 4.90 Å². The maximum Gasteiger partial charge on any atom is 0.240 e. The summed E-state index contributed by atoms with van der Waals surface area (Å²) in [6.45, 7) is 13.5. The van der Waals surface area contributed by atoms with E-state index in [0.717, 1.165) is 30.3 Å². The van der Waals surface area contributed by atoms with Crippen LogP contribution in [-0.4, -0.2) is 37.7 Å². The maximum absolute atomic E-state index is 5.38. The van der Waals surface area contributed by atoms with Gasteiger partial charge in [-0.2, -0.15) is 4.98 Å². The van der Waals surface area contributed by atoms with Crippen LogP contribution in [0, 0.1) is 0 Å². The summed E-state index contributed by atoms with van der Waals surface area (Å²) in [7, 11) is 0. The third kappa shape index (κ3) is 3.03. The van der Waals surface area contributed by atoms with Crippen LogP contribution in [0.2, 0.25) is 0 Å². The van der Waals surface area contributed by atoms with Crippen molar-refractivity contribution in [3.05, 3.63) is 41.8 Å². The Morgan fingerprint density at radius 3 is 2.54 bits per heavy atom. The molecule has 138 valence electrons.